The molecule has 2 aliphatic rings. The van der Waals surface area contributed by atoms with Crippen LogP contribution < -0.4 is 4.90 Å². The lowest BCUT2D eigenvalue weighted by molar-refractivity contribution is 0.660. The predicted octanol–water partition coefficient (Wildman–Crippen LogP) is 16.8. The number of hydrogen-bond donors (Lipinski definition) is 0. The molecule has 11 rings (SSSR count). The highest BCUT2D eigenvalue weighted by Crippen LogP contribution is 2.51. The second-order valence-corrected chi connectivity index (χ2v) is 17.3. The second kappa shape index (κ2) is 15.5. The van der Waals surface area contributed by atoms with Crippen molar-refractivity contribution in [1.29, 1.82) is 0 Å². The Morgan fingerprint density at radius 2 is 0.823 bits per heavy atom. The third-order valence-electron chi connectivity index (χ3n) is 13.1. The van der Waals surface area contributed by atoms with Crippen LogP contribution in [0.25, 0.3) is 72.8 Å². The summed E-state index contributed by atoms with van der Waals surface area (Å²) in [5, 5.41) is 0. The van der Waals surface area contributed by atoms with Gasteiger partial charge in [0.15, 0.2) is 0 Å². The largest absolute Gasteiger partial charge is 0.310 e. The van der Waals surface area contributed by atoms with Crippen LogP contribution in [0.5, 0.6) is 0 Å². The van der Waals surface area contributed by atoms with E-state index in [1.54, 1.807) is 0 Å². The molecule has 0 spiro atoms. The minimum Gasteiger partial charge on any atom is -0.310 e. The molecule has 1 nitrogen and oxygen atoms in total. The zero-order chi connectivity index (χ0) is 41.6. The standard InChI is InChI=1S/C61H47N/c1-61(2)59-23-12-11-22-57(59)58-35-34-56(41-60(58)61)62(54-30-26-45(27-31-54)48-20-13-21-49(36-48)50-25-24-44-18-9-10-19-47(44)37-50)55-32-28-46(29-33-55)53-39-51(42-14-5-3-6-15-42)38-52(40-53)43-16-7-4-8-17-43/h3-9,11-18,20-41H,10,19H2,1-2H3. The number of benzene rings is 9. The van der Waals surface area contributed by atoms with E-state index in [9.17, 15) is 0 Å². The lowest BCUT2D eigenvalue weighted by atomic mass is 9.82. The van der Waals surface area contributed by atoms with Crippen molar-refractivity contribution in [2.75, 3.05) is 4.90 Å². The molecule has 0 amide bonds. The van der Waals surface area contributed by atoms with Crippen LogP contribution in [0.2, 0.25) is 0 Å². The van der Waals surface area contributed by atoms with Gasteiger partial charge in [0.1, 0.15) is 0 Å². The van der Waals surface area contributed by atoms with Gasteiger partial charge in [-0.15, -0.1) is 0 Å². The molecule has 0 fully saturated rings. The van der Waals surface area contributed by atoms with Crippen LogP contribution >= 0.6 is 0 Å². The first-order valence-electron chi connectivity index (χ1n) is 21.9. The number of fused-ring (bicyclic) bond motifs is 4. The SMILES string of the molecule is CC1(C)c2ccccc2-c2ccc(N(c3ccc(-c4cccc(-c5ccc6c(c5)CCC=C6)c4)cc3)c3ccc(-c4cc(-c5ccccc5)cc(-c5ccccc5)c4)cc3)cc21. The van der Waals surface area contributed by atoms with Crippen molar-refractivity contribution < 1.29 is 0 Å². The van der Waals surface area contributed by atoms with E-state index in [0.717, 1.165) is 29.9 Å². The van der Waals surface area contributed by atoms with Gasteiger partial charge in [-0.1, -0.05) is 178 Å². The Morgan fingerprint density at radius 3 is 1.47 bits per heavy atom. The second-order valence-electron chi connectivity index (χ2n) is 17.3. The van der Waals surface area contributed by atoms with E-state index >= 15 is 0 Å². The van der Waals surface area contributed by atoms with Gasteiger partial charge < -0.3 is 4.90 Å². The lowest BCUT2D eigenvalue weighted by Crippen LogP contribution is -2.16. The molecule has 0 heterocycles. The molecular formula is C61H47N. The van der Waals surface area contributed by atoms with Crippen LogP contribution in [0.4, 0.5) is 17.1 Å². The van der Waals surface area contributed by atoms with Gasteiger partial charge in [-0.25, -0.2) is 0 Å². The summed E-state index contributed by atoms with van der Waals surface area (Å²) in [5.74, 6) is 0. The Labute approximate surface area is 366 Å². The molecule has 2 aliphatic carbocycles. The first-order chi connectivity index (χ1) is 30.5. The van der Waals surface area contributed by atoms with Gasteiger partial charge in [0.2, 0.25) is 0 Å². The molecule has 9 aromatic carbocycles. The third kappa shape index (κ3) is 6.86. The van der Waals surface area contributed by atoms with Crippen molar-refractivity contribution in [1.82, 2.24) is 0 Å². The van der Waals surface area contributed by atoms with Crippen molar-refractivity contribution in [3.8, 4) is 66.8 Å². The monoisotopic (exact) mass is 793 g/mol. The van der Waals surface area contributed by atoms with E-state index in [1.165, 1.54) is 89.0 Å². The number of rotatable bonds is 8. The minimum atomic E-state index is -0.110. The third-order valence-corrected chi connectivity index (χ3v) is 13.1. The van der Waals surface area contributed by atoms with Crippen LogP contribution in [0.15, 0.2) is 218 Å². The van der Waals surface area contributed by atoms with Crippen LogP contribution in [-0.2, 0) is 11.8 Å². The van der Waals surface area contributed by atoms with E-state index in [-0.39, 0.29) is 5.41 Å². The summed E-state index contributed by atoms with van der Waals surface area (Å²) in [4.78, 5) is 2.42. The van der Waals surface area contributed by atoms with Gasteiger partial charge in [0.05, 0.1) is 0 Å². The van der Waals surface area contributed by atoms with Gasteiger partial charge in [0, 0.05) is 22.5 Å². The fourth-order valence-corrected chi connectivity index (χ4v) is 9.77. The molecule has 0 atom stereocenters. The Morgan fingerprint density at radius 1 is 0.355 bits per heavy atom. The fourth-order valence-electron chi connectivity index (χ4n) is 9.77. The molecule has 296 valence electrons. The van der Waals surface area contributed by atoms with E-state index in [4.69, 9.17) is 0 Å². The van der Waals surface area contributed by atoms with Gasteiger partial charge in [-0.2, -0.15) is 0 Å². The topological polar surface area (TPSA) is 3.24 Å². The average Bonchev–Trinajstić information content (AvgIpc) is 3.57. The summed E-state index contributed by atoms with van der Waals surface area (Å²) in [7, 11) is 0. The molecule has 62 heavy (non-hydrogen) atoms. The molecule has 0 bridgehead atoms. The van der Waals surface area contributed by atoms with Gasteiger partial charge in [-0.05, 0) is 163 Å². The summed E-state index contributed by atoms with van der Waals surface area (Å²) < 4.78 is 0. The van der Waals surface area contributed by atoms with Crippen LogP contribution in [0.3, 0.4) is 0 Å². The highest BCUT2D eigenvalue weighted by molar-refractivity contribution is 5.87. The van der Waals surface area contributed by atoms with E-state index < -0.39 is 0 Å². The maximum atomic E-state index is 2.42. The van der Waals surface area contributed by atoms with E-state index in [2.05, 4.69) is 243 Å². The lowest BCUT2D eigenvalue weighted by Gasteiger charge is -2.28. The van der Waals surface area contributed by atoms with Crippen LogP contribution in [-0.4, -0.2) is 0 Å². The summed E-state index contributed by atoms with van der Waals surface area (Å²) in [6.07, 6.45) is 6.75. The van der Waals surface area contributed by atoms with Gasteiger partial charge in [-0.3, -0.25) is 0 Å². The van der Waals surface area contributed by atoms with Crippen LogP contribution in [0.1, 0.15) is 42.5 Å². The molecule has 1 heteroatoms. The fraction of sp³-hybridized carbons (Fsp3) is 0.0820. The minimum absolute atomic E-state index is 0.110. The van der Waals surface area contributed by atoms with Crippen molar-refractivity contribution >= 4 is 23.1 Å². The number of aryl methyl sites for hydroxylation is 1. The molecule has 0 saturated heterocycles. The van der Waals surface area contributed by atoms with Crippen molar-refractivity contribution in [3.63, 3.8) is 0 Å². The van der Waals surface area contributed by atoms with Crippen molar-refractivity contribution in [3.05, 3.63) is 241 Å². The van der Waals surface area contributed by atoms with Gasteiger partial charge >= 0.3 is 0 Å². The molecule has 0 unspecified atom stereocenters. The number of anilines is 3. The molecular weight excluding hydrogens is 747 g/mol. The normalized spacial score (nSPS) is 13.3. The first-order valence-corrected chi connectivity index (χ1v) is 21.9. The molecule has 0 radical (unpaired) electrons. The van der Waals surface area contributed by atoms with E-state index in [0.29, 0.717) is 0 Å². The Bertz CT molecular complexity index is 3060. The zero-order valence-corrected chi connectivity index (χ0v) is 35.2. The maximum Gasteiger partial charge on any atom is 0.0465 e. The number of allylic oxidation sites excluding steroid dienone is 1. The quantitative estimate of drug-likeness (QED) is 0.148. The number of nitrogens with zero attached hydrogens (tertiary/aromatic N) is 1. The maximum absolute atomic E-state index is 2.42. The first kappa shape index (κ1) is 37.5. The summed E-state index contributed by atoms with van der Waals surface area (Å²) in [5.41, 5.74) is 23.6. The van der Waals surface area contributed by atoms with Crippen molar-refractivity contribution in [2.24, 2.45) is 0 Å². The predicted molar refractivity (Wildman–Crippen MR) is 263 cm³/mol. The average molecular weight is 794 g/mol. The van der Waals surface area contributed by atoms with Gasteiger partial charge in [0.25, 0.3) is 0 Å². The van der Waals surface area contributed by atoms with E-state index in [1.807, 2.05) is 0 Å². The Kier molecular flexibility index (Phi) is 9.39. The Hall–Kier alpha value is -7.48. The summed E-state index contributed by atoms with van der Waals surface area (Å²) in [6.45, 7) is 4.72. The summed E-state index contributed by atoms with van der Waals surface area (Å²) in [6, 6.07) is 78.4. The van der Waals surface area contributed by atoms with Crippen LogP contribution in [0, 0.1) is 0 Å². The molecule has 0 N–H and O–H groups in total. The van der Waals surface area contributed by atoms with Crippen molar-refractivity contribution in [2.45, 2.75) is 32.1 Å². The zero-order valence-electron chi connectivity index (χ0n) is 35.2. The number of hydrogen-bond acceptors (Lipinski definition) is 1. The molecule has 9 aromatic rings. The Balaban J connectivity index is 0.982. The highest BCUT2D eigenvalue weighted by atomic mass is 15.1. The smallest absolute Gasteiger partial charge is 0.0465 e. The highest BCUT2D eigenvalue weighted by Gasteiger charge is 2.35. The molecule has 0 aromatic heterocycles. The molecule has 0 saturated carbocycles. The summed E-state index contributed by atoms with van der Waals surface area (Å²) >= 11 is 0. The molecule has 0 aliphatic heterocycles.